The first-order chi connectivity index (χ1) is 16.0. The highest BCUT2D eigenvalue weighted by Gasteiger charge is 2.07. The minimum absolute atomic E-state index is 0.591. The van der Waals surface area contributed by atoms with Gasteiger partial charge in [-0.25, -0.2) is 0 Å². The van der Waals surface area contributed by atoms with E-state index in [9.17, 15) is 0 Å². The van der Waals surface area contributed by atoms with Crippen LogP contribution in [0.15, 0.2) is 53.7 Å². The summed E-state index contributed by atoms with van der Waals surface area (Å²) in [4.78, 5) is 4.82. The lowest BCUT2D eigenvalue weighted by Crippen LogP contribution is -2.03. The smallest absolute Gasteiger partial charge is 0.125 e. The number of hydrogen-bond acceptors (Lipinski definition) is 5. The number of aryl methyl sites for hydroxylation is 2. The van der Waals surface area contributed by atoms with Crippen molar-refractivity contribution in [1.29, 1.82) is 0 Å². The molecule has 0 saturated heterocycles. The van der Waals surface area contributed by atoms with Crippen LogP contribution in [0.1, 0.15) is 56.2 Å². The van der Waals surface area contributed by atoms with Crippen molar-refractivity contribution < 1.29 is 19.0 Å². The van der Waals surface area contributed by atoms with Crippen LogP contribution in [-0.4, -0.2) is 32.6 Å². The SMILES string of the molecule is C/C=C/COc1cc(C)c(OCCCCCCOc2cccc(CC(C)=NOC)c2)c(C)c1. The first-order valence-corrected chi connectivity index (χ1v) is 11.8. The molecule has 0 saturated carbocycles. The number of unbranched alkanes of at least 4 members (excludes halogenated alkanes) is 3. The summed E-state index contributed by atoms with van der Waals surface area (Å²) in [5.74, 6) is 2.77. The third kappa shape index (κ3) is 10.0. The molecule has 0 heterocycles. The average Bonchev–Trinajstić information content (AvgIpc) is 2.77. The van der Waals surface area contributed by atoms with Gasteiger partial charge in [0, 0.05) is 6.42 Å². The fourth-order valence-corrected chi connectivity index (χ4v) is 3.61. The van der Waals surface area contributed by atoms with Crippen molar-refractivity contribution in [1.82, 2.24) is 0 Å². The predicted octanol–water partition coefficient (Wildman–Crippen LogP) is 6.84. The fraction of sp³-hybridized carbons (Fsp3) is 0.464. The highest BCUT2D eigenvalue weighted by Crippen LogP contribution is 2.28. The molecule has 0 unspecified atom stereocenters. The summed E-state index contributed by atoms with van der Waals surface area (Å²) in [6.45, 7) is 10.1. The first kappa shape index (κ1) is 26.3. The lowest BCUT2D eigenvalue weighted by atomic mass is 10.1. The zero-order valence-corrected chi connectivity index (χ0v) is 20.9. The molecule has 0 atom stereocenters. The molecule has 180 valence electrons. The van der Waals surface area contributed by atoms with E-state index in [0.29, 0.717) is 6.61 Å². The molecule has 2 rings (SSSR count). The van der Waals surface area contributed by atoms with Crippen molar-refractivity contribution in [3.8, 4) is 17.2 Å². The van der Waals surface area contributed by atoms with Crippen molar-refractivity contribution in [3.63, 3.8) is 0 Å². The molecule has 0 amide bonds. The predicted molar refractivity (Wildman–Crippen MR) is 136 cm³/mol. The molecule has 0 aromatic heterocycles. The molecule has 0 radical (unpaired) electrons. The maximum absolute atomic E-state index is 6.07. The maximum atomic E-state index is 6.07. The van der Waals surface area contributed by atoms with Crippen LogP contribution in [0.3, 0.4) is 0 Å². The van der Waals surface area contributed by atoms with Crippen LogP contribution in [0.4, 0.5) is 0 Å². The molecule has 5 nitrogen and oxygen atoms in total. The molecule has 0 N–H and O–H groups in total. The van der Waals surface area contributed by atoms with Gasteiger partial charge in [-0.05, 0) is 94.3 Å². The van der Waals surface area contributed by atoms with Gasteiger partial charge in [0.1, 0.15) is 31.0 Å². The number of rotatable bonds is 15. The van der Waals surface area contributed by atoms with Crippen LogP contribution in [0.25, 0.3) is 0 Å². The van der Waals surface area contributed by atoms with E-state index in [2.05, 4.69) is 31.1 Å². The number of benzene rings is 2. The van der Waals surface area contributed by atoms with Crippen molar-refractivity contribution in [2.45, 2.75) is 59.8 Å². The highest BCUT2D eigenvalue weighted by molar-refractivity contribution is 5.83. The van der Waals surface area contributed by atoms with E-state index < -0.39 is 0 Å². The fourth-order valence-electron chi connectivity index (χ4n) is 3.61. The van der Waals surface area contributed by atoms with E-state index in [1.165, 1.54) is 5.56 Å². The van der Waals surface area contributed by atoms with Crippen LogP contribution in [0.5, 0.6) is 17.2 Å². The Morgan fingerprint density at radius 1 is 0.879 bits per heavy atom. The largest absolute Gasteiger partial charge is 0.494 e. The number of ether oxygens (including phenoxy) is 3. The number of nitrogens with zero attached hydrogens (tertiary/aromatic N) is 1. The van der Waals surface area contributed by atoms with Gasteiger partial charge in [0.15, 0.2) is 0 Å². The number of oxime groups is 1. The van der Waals surface area contributed by atoms with E-state index >= 15 is 0 Å². The standard InChI is InChI=1S/C28H39NO4/c1-6-7-15-32-27-18-22(2)28(23(3)19-27)33-17-11-9-8-10-16-31-26-14-12-13-25(21-26)20-24(4)29-30-5/h6-7,12-14,18-19,21H,8-11,15-17,20H2,1-5H3/b7-6+,29-24?. The lowest BCUT2D eigenvalue weighted by molar-refractivity contribution is 0.212. The van der Waals surface area contributed by atoms with Crippen LogP contribution in [0, 0.1) is 13.8 Å². The molecule has 5 heteroatoms. The summed E-state index contributed by atoms with van der Waals surface area (Å²) in [7, 11) is 1.57. The third-order valence-electron chi connectivity index (χ3n) is 5.18. The second-order valence-electron chi connectivity index (χ2n) is 8.21. The van der Waals surface area contributed by atoms with Gasteiger partial charge in [0.05, 0.1) is 18.9 Å². The summed E-state index contributed by atoms with van der Waals surface area (Å²) in [6, 6.07) is 12.3. The van der Waals surface area contributed by atoms with Crippen molar-refractivity contribution in [2.24, 2.45) is 5.16 Å². The maximum Gasteiger partial charge on any atom is 0.125 e. The Morgan fingerprint density at radius 3 is 2.24 bits per heavy atom. The number of hydrogen-bond donors (Lipinski definition) is 0. The van der Waals surface area contributed by atoms with Gasteiger partial charge in [-0.2, -0.15) is 0 Å². The third-order valence-corrected chi connectivity index (χ3v) is 5.18. The Bertz CT molecular complexity index is 882. The molecule has 0 bridgehead atoms. The molecule has 33 heavy (non-hydrogen) atoms. The second-order valence-corrected chi connectivity index (χ2v) is 8.21. The molecular weight excluding hydrogens is 414 g/mol. The minimum atomic E-state index is 0.591. The number of allylic oxidation sites excluding steroid dienone is 1. The second kappa shape index (κ2) is 15.0. The van der Waals surface area contributed by atoms with Crippen LogP contribution >= 0.6 is 0 Å². The Hall–Kier alpha value is -2.95. The summed E-state index contributed by atoms with van der Waals surface area (Å²) in [6.07, 6.45) is 9.06. The molecule has 0 aliphatic heterocycles. The normalized spacial score (nSPS) is 11.6. The monoisotopic (exact) mass is 453 g/mol. The molecule has 0 aliphatic rings. The average molecular weight is 454 g/mol. The van der Waals surface area contributed by atoms with Gasteiger partial charge in [-0.1, -0.05) is 29.4 Å². The minimum Gasteiger partial charge on any atom is -0.494 e. The van der Waals surface area contributed by atoms with Crippen LogP contribution < -0.4 is 14.2 Å². The van der Waals surface area contributed by atoms with Gasteiger partial charge in [0.25, 0.3) is 0 Å². The zero-order valence-electron chi connectivity index (χ0n) is 20.9. The van der Waals surface area contributed by atoms with Gasteiger partial charge < -0.3 is 19.0 Å². The molecule has 2 aromatic carbocycles. The van der Waals surface area contributed by atoms with E-state index in [4.69, 9.17) is 19.0 Å². The summed E-state index contributed by atoms with van der Waals surface area (Å²) >= 11 is 0. The Balaban J connectivity index is 1.63. The zero-order chi connectivity index (χ0) is 23.9. The lowest BCUT2D eigenvalue weighted by Gasteiger charge is -2.14. The van der Waals surface area contributed by atoms with E-state index in [0.717, 1.165) is 79.4 Å². The molecule has 2 aromatic rings. The molecule has 0 spiro atoms. The Morgan fingerprint density at radius 2 is 1.58 bits per heavy atom. The van der Waals surface area contributed by atoms with E-state index in [-0.39, 0.29) is 0 Å². The first-order valence-electron chi connectivity index (χ1n) is 11.8. The summed E-state index contributed by atoms with van der Waals surface area (Å²) in [5, 5.41) is 3.96. The van der Waals surface area contributed by atoms with Crippen molar-refractivity contribution in [3.05, 3.63) is 65.2 Å². The molecular formula is C28H39NO4. The summed E-state index contributed by atoms with van der Waals surface area (Å²) in [5.41, 5.74) is 4.34. The topological polar surface area (TPSA) is 49.3 Å². The quantitative estimate of drug-likeness (QED) is 0.128. The summed E-state index contributed by atoms with van der Waals surface area (Å²) < 4.78 is 17.7. The van der Waals surface area contributed by atoms with Crippen LogP contribution in [0.2, 0.25) is 0 Å². The molecule has 0 aliphatic carbocycles. The van der Waals surface area contributed by atoms with E-state index in [1.54, 1.807) is 7.11 Å². The Labute approximate surface area is 199 Å². The van der Waals surface area contributed by atoms with Crippen molar-refractivity contribution >= 4 is 5.71 Å². The highest BCUT2D eigenvalue weighted by atomic mass is 16.6. The van der Waals surface area contributed by atoms with Gasteiger partial charge in [0.2, 0.25) is 0 Å². The van der Waals surface area contributed by atoms with Gasteiger partial charge in [-0.3, -0.25) is 0 Å². The van der Waals surface area contributed by atoms with Gasteiger partial charge >= 0.3 is 0 Å². The van der Waals surface area contributed by atoms with Gasteiger partial charge in [-0.15, -0.1) is 0 Å². The molecule has 0 fully saturated rings. The van der Waals surface area contributed by atoms with Crippen molar-refractivity contribution in [2.75, 3.05) is 26.9 Å². The Kier molecular flexibility index (Phi) is 11.9. The van der Waals surface area contributed by atoms with Crippen LogP contribution in [-0.2, 0) is 11.3 Å². The van der Waals surface area contributed by atoms with E-state index in [1.807, 2.05) is 50.3 Å².